The van der Waals surface area contributed by atoms with Crippen molar-refractivity contribution in [3.8, 4) is 0 Å². The van der Waals surface area contributed by atoms with E-state index in [1.165, 1.54) is 0 Å². The second-order valence-electron chi connectivity index (χ2n) is 7.07. The number of piperidine rings is 1. The first-order valence-electron chi connectivity index (χ1n) is 8.85. The van der Waals surface area contributed by atoms with Crippen LogP contribution in [-0.4, -0.2) is 84.2 Å². The zero-order valence-corrected chi connectivity index (χ0v) is 14.2. The van der Waals surface area contributed by atoms with Crippen molar-refractivity contribution in [3.63, 3.8) is 0 Å². The van der Waals surface area contributed by atoms with Gasteiger partial charge in [0, 0.05) is 51.7 Å². The van der Waals surface area contributed by atoms with Crippen LogP contribution in [0.2, 0.25) is 0 Å². The second kappa shape index (κ2) is 6.64. The maximum absolute atomic E-state index is 12.7. The van der Waals surface area contributed by atoms with Crippen LogP contribution >= 0.6 is 0 Å². The normalized spacial score (nSPS) is 31.1. The Morgan fingerprint density at radius 1 is 1.17 bits per heavy atom. The van der Waals surface area contributed by atoms with Crippen molar-refractivity contribution in [3.05, 3.63) is 18.5 Å². The highest BCUT2D eigenvalue weighted by atomic mass is 16.5. The quantitative estimate of drug-likeness (QED) is 0.773. The van der Waals surface area contributed by atoms with Crippen molar-refractivity contribution < 1.29 is 9.53 Å². The minimum atomic E-state index is -0.264. The number of anilines is 1. The minimum Gasteiger partial charge on any atom is -0.363 e. The van der Waals surface area contributed by atoms with Crippen LogP contribution in [0.15, 0.2) is 18.5 Å². The van der Waals surface area contributed by atoms with E-state index in [2.05, 4.69) is 26.8 Å². The summed E-state index contributed by atoms with van der Waals surface area (Å²) in [6, 6.07) is 1.83. The number of amides is 1. The van der Waals surface area contributed by atoms with Gasteiger partial charge in [-0.05, 0) is 31.9 Å². The molecule has 3 aliphatic heterocycles. The maximum atomic E-state index is 12.7. The number of hydrogen-bond acceptors (Lipinski definition) is 6. The lowest BCUT2D eigenvalue weighted by Crippen LogP contribution is -2.50. The van der Waals surface area contributed by atoms with E-state index in [1.54, 1.807) is 12.4 Å². The first-order valence-corrected chi connectivity index (χ1v) is 8.85. The third-order valence-electron chi connectivity index (χ3n) is 5.48. The molecular formula is C17H25N5O2. The summed E-state index contributed by atoms with van der Waals surface area (Å²) in [6.07, 6.45) is 5.28. The Morgan fingerprint density at radius 3 is 2.67 bits per heavy atom. The van der Waals surface area contributed by atoms with E-state index < -0.39 is 0 Å². The van der Waals surface area contributed by atoms with E-state index in [1.807, 2.05) is 11.0 Å². The number of carbonyl (C=O) groups is 1. The Hall–Kier alpha value is -1.73. The molecule has 7 heteroatoms. The molecule has 0 aromatic carbocycles. The smallest absolute Gasteiger partial charge is 0.251 e. The summed E-state index contributed by atoms with van der Waals surface area (Å²) >= 11 is 0. The van der Waals surface area contributed by atoms with Crippen LogP contribution in [0.1, 0.15) is 12.8 Å². The van der Waals surface area contributed by atoms with Crippen molar-refractivity contribution in [1.82, 2.24) is 19.8 Å². The molecule has 3 atom stereocenters. The van der Waals surface area contributed by atoms with Crippen LogP contribution in [0.3, 0.4) is 0 Å². The fourth-order valence-electron chi connectivity index (χ4n) is 3.96. The van der Waals surface area contributed by atoms with Crippen LogP contribution < -0.4 is 4.90 Å². The fraction of sp³-hybridized carbons (Fsp3) is 0.706. The van der Waals surface area contributed by atoms with Gasteiger partial charge in [-0.3, -0.25) is 4.79 Å². The number of carbonyl (C=O) groups excluding carboxylic acids is 1. The number of nitrogens with zero attached hydrogens (tertiary/aromatic N) is 5. The second-order valence-corrected chi connectivity index (χ2v) is 7.07. The minimum absolute atomic E-state index is 0.115. The topological polar surface area (TPSA) is 61.8 Å². The highest BCUT2D eigenvalue weighted by Crippen LogP contribution is 2.34. The molecule has 3 aliphatic rings. The molecule has 0 spiro atoms. The number of ether oxygens (including phenoxy) is 1. The molecule has 4 rings (SSSR count). The lowest BCUT2D eigenvalue weighted by atomic mass is 9.91. The summed E-state index contributed by atoms with van der Waals surface area (Å²) in [7, 11) is 2.10. The van der Waals surface area contributed by atoms with Crippen molar-refractivity contribution in [2.45, 2.75) is 25.0 Å². The number of fused-ring (bicyclic) bond motifs is 1. The van der Waals surface area contributed by atoms with E-state index in [-0.39, 0.29) is 18.1 Å². The third kappa shape index (κ3) is 3.10. The van der Waals surface area contributed by atoms with Crippen LogP contribution in [-0.2, 0) is 9.53 Å². The van der Waals surface area contributed by atoms with Gasteiger partial charge in [0.05, 0.1) is 6.10 Å². The Balaban J connectivity index is 1.37. The average Bonchev–Trinajstić information content (AvgIpc) is 3.06. The molecule has 0 radical (unpaired) electrons. The van der Waals surface area contributed by atoms with Crippen molar-refractivity contribution >= 4 is 11.9 Å². The van der Waals surface area contributed by atoms with Gasteiger partial charge in [0.1, 0.15) is 6.10 Å². The number of piperazine rings is 1. The molecule has 0 saturated carbocycles. The summed E-state index contributed by atoms with van der Waals surface area (Å²) in [6.45, 7) is 5.24. The lowest BCUT2D eigenvalue weighted by molar-refractivity contribution is -0.144. The van der Waals surface area contributed by atoms with Gasteiger partial charge in [-0.1, -0.05) is 0 Å². The van der Waals surface area contributed by atoms with Crippen molar-refractivity contribution in [1.29, 1.82) is 0 Å². The monoisotopic (exact) mass is 331 g/mol. The number of hydrogen-bond donors (Lipinski definition) is 0. The first-order chi connectivity index (χ1) is 11.7. The third-order valence-corrected chi connectivity index (χ3v) is 5.48. The zero-order chi connectivity index (χ0) is 16.5. The number of aromatic nitrogens is 2. The molecule has 24 heavy (non-hydrogen) atoms. The van der Waals surface area contributed by atoms with Gasteiger partial charge < -0.3 is 19.4 Å². The molecule has 1 amide bonds. The standard InChI is InChI=1S/C17H25N5O2/c1-20-7-9-21(10-8-20)16(23)14-11-13-3-6-22(12-15(13)24-14)17-18-4-2-5-19-17/h2,4-5,13-15H,3,6-12H2,1H3/t13-,14+,15+/m1/s1. The molecule has 3 fully saturated rings. The molecular weight excluding hydrogens is 306 g/mol. The Labute approximate surface area is 142 Å². The number of rotatable bonds is 2. The Morgan fingerprint density at radius 2 is 1.92 bits per heavy atom. The SMILES string of the molecule is CN1CCN(C(=O)[C@@H]2C[C@H]3CCN(c4ncccn4)C[C@@H]3O2)CC1. The van der Waals surface area contributed by atoms with E-state index in [0.717, 1.165) is 58.1 Å². The van der Waals surface area contributed by atoms with Gasteiger partial charge >= 0.3 is 0 Å². The largest absolute Gasteiger partial charge is 0.363 e. The molecule has 0 aliphatic carbocycles. The van der Waals surface area contributed by atoms with Gasteiger partial charge in [0.25, 0.3) is 5.91 Å². The van der Waals surface area contributed by atoms with Crippen LogP contribution in [0, 0.1) is 5.92 Å². The van der Waals surface area contributed by atoms with Crippen LogP contribution in [0.4, 0.5) is 5.95 Å². The summed E-state index contributed by atoms with van der Waals surface area (Å²) in [5.74, 6) is 1.42. The van der Waals surface area contributed by atoms with Crippen LogP contribution in [0.5, 0.6) is 0 Å². The van der Waals surface area contributed by atoms with Crippen LogP contribution in [0.25, 0.3) is 0 Å². The summed E-state index contributed by atoms with van der Waals surface area (Å²) < 4.78 is 6.16. The van der Waals surface area contributed by atoms with Gasteiger partial charge in [-0.15, -0.1) is 0 Å². The Bertz CT molecular complexity index is 576. The lowest BCUT2D eigenvalue weighted by Gasteiger charge is -2.34. The molecule has 130 valence electrons. The zero-order valence-electron chi connectivity index (χ0n) is 14.2. The predicted octanol–water partition coefficient (Wildman–Crippen LogP) is 0.234. The molecule has 7 nitrogen and oxygen atoms in total. The molecule has 0 N–H and O–H groups in total. The summed E-state index contributed by atoms with van der Waals surface area (Å²) in [5.41, 5.74) is 0. The van der Waals surface area contributed by atoms with E-state index >= 15 is 0 Å². The predicted molar refractivity (Wildman–Crippen MR) is 89.7 cm³/mol. The van der Waals surface area contributed by atoms with Crippen molar-refractivity contribution in [2.24, 2.45) is 5.92 Å². The molecule has 4 heterocycles. The van der Waals surface area contributed by atoms with Crippen molar-refractivity contribution in [2.75, 3.05) is 51.2 Å². The first kappa shape index (κ1) is 15.8. The number of likely N-dealkylation sites (N-methyl/N-ethyl adjacent to an activating group) is 1. The van der Waals surface area contributed by atoms with Gasteiger partial charge in [0.2, 0.25) is 5.95 Å². The highest BCUT2D eigenvalue weighted by molar-refractivity contribution is 5.81. The highest BCUT2D eigenvalue weighted by Gasteiger charge is 2.43. The molecule has 3 saturated heterocycles. The molecule has 0 bridgehead atoms. The van der Waals surface area contributed by atoms with E-state index in [9.17, 15) is 4.79 Å². The average molecular weight is 331 g/mol. The summed E-state index contributed by atoms with van der Waals surface area (Å²) in [4.78, 5) is 27.8. The van der Waals surface area contributed by atoms with Gasteiger partial charge in [-0.25, -0.2) is 9.97 Å². The Kier molecular flexibility index (Phi) is 4.37. The van der Waals surface area contributed by atoms with E-state index in [4.69, 9.17) is 4.74 Å². The maximum Gasteiger partial charge on any atom is 0.251 e. The molecule has 1 aromatic rings. The summed E-state index contributed by atoms with van der Waals surface area (Å²) in [5, 5.41) is 0. The van der Waals surface area contributed by atoms with Gasteiger partial charge in [-0.2, -0.15) is 0 Å². The molecule has 0 unspecified atom stereocenters. The van der Waals surface area contributed by atoms with E-state index in [0.29, 0.717) is 5.92 Å². The van der Waals surface area contributed by atoms with Gasteiger partial charge in [0.15, 0.2) is 0 Å². The molecule has 1 aromatic heterocycles. The fourth-order valence-corrected chi connectivity index (χ4v) is 3.96.